The Morgan fingerprint density at radius 1 is 1.17 bits per heavy atom. The van der Waals surface area contributed by atoms with E-state index < -0.39 is 35.2 Å². The van der Waals surface area contributed by atoms with Crippen LogP contribution in [0.1, 0.15) is 48.9 Å². The number of rotatable bonds is 4. The van der Waals surface area contributed by atoms with Gasteiger partial charge in [-0.25, -0.2) is 4.39 Å². The van der Waals surface area contributed by atoms with Crippen LogP contribution >= 0.6 is 0 Å². The Balaban J connectivity index is 1.45. The van der Waals surface area contributed by atoms with Crippen LogP contribution in [0.4, 0.5) is 4.39 Å². The van der Waals surface area contributed by atoms with Gasteiger partial charge in [-0.15, -0.1) is 0 Å². The Bertz CT molecular complexity index is 684. The number of ether oxygens (including phenoxy) is 1. The molecule has 4 atom stereocenters. The molecule has 4 aliphatic rings. The molecule has 2 unspecified atom stereocenters. The quantitative estimate of drug-likeness (QED) is 0.680. The second-order valence-corrected chi connectivity index (χ2v) is 7.94. The fraction of sp³-hybridized carbons (Fsp3) is 0.579. The number of aliphatic hydroxyl groups is 1. The van der Waals surface area contributed by atoms with E-state index in [9.17, 15) is 19.1 Å². The molecule has 0 aromatic heterocycles. The molecule has 128 valence electrons. The molecule has 0 radical (unpaired) electrons. The van der Waals surface area contributed by atoms with Crippen LogP contribution in [-0.4, -0.2) is 29.1 Å². The summed E-state index contributed by atoms with van der Waals surface area (Å²) >= 11 is 0. The van der Waals surface area contributed by atoms with E-state index in [-0.39, 0.29) is 5.56 Å². The van der Waals surface area contributed by atoms with Crippen LogP contribution in [0.15, 0.2) is 24.3 Å². The Morgan fingerprint density at radius 2 is 1.83 bits per heavy atom. The molecule has 0 aliphatic heterocycles. The lowest BCUT2D eigenvalue weighted by Gasteiger charge is -2.58. The minimum Gasteiger partial charge on any atom is -0.457 e. The van der Waals surface area contributed by atoms with Crippen LogP contribution in [0, 0.1) is 23.1 Å². The van der Waals surface area contributed by atoms with Crippen molar-refractivity contribution in [2.24, 2.45) is 17.3 Å². The number of hydrogen-bond donors (Lipinski definition) is 1. The maximum Gasteiger partial charge on any atom is 0.312 e. The predicted molar refractivity (Wildman–Crippen MR) is 83.8 cm³/mol. The molecule has 5 rings (SSSR count). The third-order valence-corrected chi connectivity index (χ3v) is 5.97. The van der Waals surface area contributed by atoms with Crippen molar-refractivity contribution in [2.45, 2.75) is 44.1 Å². The van der Waals surface area contributed by atoms with E-state index in [0.29, 0.717) is 18.3 Å². The predicted octanol–water partition coefficient (Wildman–Crippen LogP) is 2.88. The first-order valence-electron chi connectivity index (χ1n) is 8.57. The zero-order chi connectivity index (χ0) is 16.9. The van der Waals surface area contributed by atoms with Gasteiger partial charge in [-0.1, -0.05) is 12.1 Å². The number of halogens is 1. The molecule has 1 aromatic rings. The van der Waals surface area contributed by atoms with Crippen molar-refractivity contribution >= 4 is 11.8 Å². The van der Waals surface area contributed by atoms with Crippen molar-refractivity contribution < 1.29 is 23.8 Å². The number of carbonyl (C=O) groups is 2. The molecule has 24 heavy (non-hydrogen) atoms. The van der Waals surface area contributed by atoms with Crippen molar-refractivity contribution in [2.75, 3.05) is 6.61 Å². The highest BCUT2D eigenvalue weighted by molar-refractivity contribution is 5.98. The standard InChI is InChI=1S/C19H21FO4/c20-15-4-2-1-3-14(15)16(21)10-24-17(22)18-6-12-5-13(7-18)9-19(23,8-12)11-18/h1-4,12-13,23H,5-11H2/t12-,13+,18?,19?. The van der Waals surface area contributed by atoms with Crippen molar-refractivity contribution in [3.05, 3.63) is 35.6 Å². The van der Waals surface area contributed by atoms with Crippen molar-refractivity contribution in [3.63, 3.8) is 0 Å². The molecular weight excluding hydrogens is 311 g/mol. The largest absolute Gasteiger partial charge is 0.457 e. The van der Waals surface area contributed by atoms with Gasteiger partial charge in [-0.3, -0.25) is 9.59 Å². The summed E-state index contributed by atoms with van der Waals surface area (Å²) in [6.45, 7) is -0.449. The SMILES string of the molecule is O=C(COC(=O)C12C[C@@H]3C[C@@H](CC(O)(C3)C1)C2)c1ccccc1F. The van der Waals surface area contributed by atoms with Gasteiger partial charge in [0, 0.05) is 0 Å². The molecule has 0 heterocycles. The van der Waals surface area contributed by atoms with Gasteiger partial charge in [0.2, 0.25) is 5.78 Å². The smallest absolute Gasteiger partial charge is 0.312 e. The van der Waals surface area contributed by atoms with Crippen LogP contribution in [0.5, 0.6) is 0 Å². The second-order valence-electron chi connectivity index (χ2n) is 7.94. The Kier molecular flexibility index (Phi) is 3.53. The molecule has 4 fully saturated rings. The summed E-state index contributed by atoms with van der Waals surface area (Å²) in [7, 11) is 0. The monoisotopic (exact) mass is 332 g/mol. The lowest BCUT2D eigenvalue weighted by Crippen LogP contribution is -2.58. The first kappa shape index (κ1) is 15.8. The number of ketones is 1. The second kappa shape index (κ2) is 5.38. The fourth-order valence-electron chi connectivity index (χ4n) is 5.50. The summed E-state index contributed by atoms with van der Waals surface area (Å²) < 4.78 is 18.9. The number of esters is 1. The van der Waals surface area contributed by atoms with E-state index in [2.05, 4.69) is 0 Å². The zero-order valence-electron chi connectivity index (χ0n) is 13.5. The Hall–Kier alpha value is -1.75. The minimum atomic E-state index is -0.751. The maximum absolute atomic E-state index is 13.6. The number of benzene rings is 1. The summed E-state index contributed by atoms with van der Waals surface area (Å²) in [5, 5.41) is 10.7. The highest BCUT2D eigenvalue weighted by atomic mass is 19.1. The first-order chi connectivity index (χ1) is 11.4. The molecule has 0 saturated heterocycles. The number of Topliss-reactive ketones (excluding diaryl/α,β-unsaturated/α-hetero) is 1. The lowest BCUT2D eigenvalue weighted by molar-refractivity contribution is -0.195. The third-order valence-electron chi connectivity index (χ3n) is 5.97. The van der Waals surface area contributed by atoms with Gasteiger partial charge in [0.05, 0.1) is 16.6 Å². The molecule has 4 nitrogen and oxygen atoms in total. The van der Waals surface area contributed by atoms with Crippen LogP contribution in [0.25, 0.3) is 0 Å². The van der Waals surface area contributed by atoms with Gasteiger partial charge in [0.25, 0.3) is 0 Å². The van der Waals surface area contributed by atoms with Gasteiger partial charge in [0.1, 0.15) is 5.82 Å². The van der Waals surface area contributed by atoms with Gasteiger partial charge in [0.15, 0.2) is 6.61 Å². The average molecular weight is 332 g/mol. The van der Waals surface area contributed by atoms with Crippen molar-refractivity contribution in [3.8, 4) is 0 Å². The maximum atomic E-state index is 13.6. The summed E-state index contributed by atoms with van der Waals surface area (Å²) in [4.78, 5) is 24.8. The molecule has 4 saturated carbocycles. The van der Waals surface area contributed by atoms with Crippen LogP contribution in [0.2, 0.25) is 0 Å². The molecular formula is C19H21FO4. The highest BCUT2D eigenvalue weighted by Gasteiger charge is 2.60. The van der Waals surface area contributed by atoms with E-state index in [4.69, 9.17) is 4.74 Å². The molecule has 0 amide bonds. The number of carbonyl (C=O) groups excluding carboxylic acids is 2. The minimum absolute atomic E-state index is 0.0607. The van der Waals surface area contributed by atoms with Gasteiger partial charge >= 0.3 is 5.97 Å². The third kappa shape index (κ3) is 2.55. The van der Waals surface area contributed by atoms with Crippen LogP contribution < -0.4 is 0 Å². The van der Waals surface area contributed by atoms with Crippen molar-refractivity contribution in [1.29, 1.82) is 0 Å². The normalized spacial score (nSPS) is 36.6. The van der Waals surface area contributed by atoms with Crippen LogP contribution in [0.3, 0.4) is 0 Å². The number of hydrogen-bond acceptors (Lipinski definition) is 4. The summed E-state index contributed by atoms with van der Waals surface area (Å²) in [5.74, 6) is -0.815. The molecule has 4 aliphatic carbocycles. The summed E-state index contributed by atoms with van der Waals surface area (Å²) in [6.07, 6.45) is 4.52. The van der Waals surface area contributed by atoms with Gasteiger partial charge in [-0.05, 0) is 62.5 Å². The zero-order valence-corrected chi connectivity index (χ0v) is 13.5. The molecule has 4 bridgehead atoms. The topological polar surface area (TPSA) is 63.6 Å². The van der Waals surface area contributed by atoms with E-state index in [1.807, 2.05) is 0 Å². The fourth-order valence-corrected chi connectivity index (χ4v) is 5.50. The molecule has 1 aromatic carbocycles. The molecule has 0 spiro atoms. The molecule has 1 N–H and O–H groups in total. The average Bonchev–Trinajstić information content (AvgIpc) is 2.50. The van der Waals surface area contributed by atoms with E-state index in [1.165, 1.54) is 18.2 Å². The van der Waals surface area contributed by atoms with Crippen molar-refractivity contribution in [1.82, 2.24) is 0 Å². The van der Waals surface area contributed by atoms with E-state index >= 15 is 0 Å². The van der Waals surface area contributed by atoms with E-state index in [1.54, 1.807) is 6.07 Å². The Labute approximate surface area is 140 Å². The summed E-state index contributed by atoms with van der Waals surface area (Å²) in [6, 6.07) is 5.68. The highest BCUT2D eigenvalue weighted by Crippen LogP contribution is 2.61. The Morgan fingerprint density at radius 3 is 2.46 bits per heavy atom. The first-order valence-corrected chi connectivity index (χ1v) is 8.57. The van der Waals surface area contributed by atoms with Gasteiger partial charge < -0.3 is 9.84 Å². The van der Waals surface area contributed by atoms with E-state index in [0.717, 1.165) is 32.1 Å². The summed E-state index contributed by atoms with van der Waals surface area (Å²) in [5.41, 5.74) is -1.47. The van der Waals surface area contributed by atoms with Gasteiger partial charge in [-0.2, -0.15) is 0 Å². The van der Waals surface area contributed by atoms with Crippen LogP contribution in [-0.2, 0) is 9.53 Å². The molecule has 5 heteroatoms. The lowest BCUT2D eigenvalue weighted by atomic mass is 9.48.